The molecule has 0 radical (unpaired) electrons. The Balaban J connectivity index is 1.40. The summed E-state index contributed by atoms with van der Waals surface area (Å²) in [6, 6.07) is 8.69. The van der Waals surface area contributed by atoms with E-state index in [-0.39, 0.29) is 16.7 Å². The van der Waals surface area contributed by atoms with Gasteiger partial charge in [-0.3, -0.25) is 9.59 Å². The standard InChI is InChI=1S/C31H45BrN2O2/c1-5-6-7-20-34(29(36)21-8-10-22(32)11-9-21)27-15-13-24-23-12-14-26-30(2,19-17-28(35)33(26)4)25(23)16-18-31(24,27)3/h8-11,23-27H,5-7,12-20H2,1-4H3/t23-,24-,25-,26+,27-,30+,31-/m0/s1. The van der Waals surface area contributed by atoms with Crippen molar-refractivity contribution in [1.29, 1.82) is 0 Å². The zero-order valence-corrected chi connectivity index (χ0v) is 24.4. The molecule has 0 N–H and O–H groups in total. The first-order valence-corrected chi connectivity index (χ1v) is 15.3. The predicted octanol–water partition coefficient (Wildman–Crippen LogP) is 7.31. The van der Waals surface area contributed by atoms with E-state index < -0.39 is 0 Å². The van der Waals surface area contributed by atoms with E-state index in [1.165, 1.54) is 38.5 Å². The lowest BCUT2D eigenvalue weighted by molar-refractivity contribution is -0.158. The Morgan fingerprint density at radius 3 is 2.44 bits per heavy atom. The summed E-state index contributed by atoms with van der Waals surface area (Å²) in [5.74, 6) is 2.69. The van der Waals surface area contributed by atoms with Crippen LogP contribution in [0.15, 0.2) is 28.7 Å². The lowest BCUT2D eigenvalue weighted by atomic mass is 9.47. The predicted molar refractivity (Wildman–Crippen MR) is 149 cm³/mol. The number of unbranched alkanes of at least 4 members (excludes halogenated alkanes) is 2. The summed E-state index contributed by atoms with van der Waals surface area (Å²) in [7, 11) is 2.05. The van der Waals surface area contributed by atoms with Crippen LogP contribution >= 0.6 is 15.9 Å². The second-order valence-corrected chi connectivity index (χ2v) is 13.7. The average molecular weight is 558 g/mol. The summed E-state index contributed by atoms with van der Waals surface area (Å²) in [4.78, 5) is 30.8. The van der Waals surface area contributed by atoms with E-state index in [9.17, 15) is 9.59 Å². The molecule has 1 aromatic rings. The van der Waals surface area contributed by atoms with E-state index in [4.69, 9.17) is 0 Å². The fraction of sp³-hybridized carbons (Fsp3) is 0.742. The number of hydrogen-bond acceptors (Lipinski definition) is 2. The highest BCUT2D eigenvalue weighted by atomic mass is 79.9. The molecule has 1 aromatic carbocycles. The molecule has 0 spiro atoms. The van der Waals surface area contributed by atoms with Gasteiger partial charge in [0.2, 0.25) is 5.91 Å². The number of nitrogens with zero attached hydrogens (tertiary/aromatic N) is 2. The van der Waals surface area contributed by atoms with E-state index in [1.807, 2.05) is 31.3 Å². The van der Waals surface area contributed by atoms with Crippen LogP contribution in [0.3, 0.4) is 0 Å². The van der Waals surface area contributed by atoms with Crippen molar-refractivity contribution in [2.75, 3.05) is 13.6 Å². The van der Waals surface area contributed by atoms with Gasteiger partial charge in [-0.2, -0.15) is 0 Å². The Morgan fingerprint density at radius 2 is 1.72 bits per heavy atom. The third-order valence-corrected chi connectivity index (χ3v) is 11.8. The summed E-state index contributed by atoms with van der Waals surface area (Å²) in [5.41, 5.74) is 1.26. The molecule has 4 fully saturated rings. The summed E-state index contributed by atoms with van der Waals surface area (Å²) < 4.78 is 1.02. The molecule has 5 heteroatoms. The van der Waals surface area contributed by atoms with Gasteiger partial charge in [-0.25, -0.2) is 0 Å². The molecule has 1 heterocycles. The van der Waals surface area contributed by atoms with Gasteiger partial charge in [0, 0.05) is 42.1 Å². The maximum absolute atomic E-state index is 13.9. The van der Waals surface area contributed by atoms with Gasteiger partial charge >= 0.3 is 0 Å². The van der Waals surface area contributed by atoms with Crippen molar-refractivity contribution in [3.8, 4) is 0 Å². The fourth-order valence-electron chi connectivity index (χ4n) is 9.32. The highest BCUT2D eigenvalue weighted by molar-refractivity contribution is 9.10. The third-order valence-electron chi connectivity index (χ3n) is 11.2. The zero-order valence-electron chi connectivity index (χ0n) is 22.8. The van der Waals surface area contributed by atoms with Gasteiger partial charge in [-0.05, 0) is 104 Å². The number of piperidine rings is 1. The molecule has 5 rings (SSSR count). The summed E-state index contributed by atoms with van der Waals surface area (Å²) in [6.07, 6.45) is 12.4. The summed E-state index contributed by atoms with van der Waals surface area (Å²) in [5, 5.41) is 0. The lowest BCUT2D eigenvalue weighted by Gasteiger charge is -2.62. The molecule has 198 valence electrons. The number of carbonyl (C=O) groups excluding carboxylic acids is 2. The van der Waals surface area contributed by atoms with Crippen molar-refractivity contribution in [3.63, 3.8) is 0 Å². The average Bonchev–Trinajstić information content (AvgIpc) is 3.21. The number of likely N-dealkylation sites (tertiary alicyclic amines) is 1. The molecular weight excluding hydrogens is 512 g/mol. The first-order valence-electron chi connectivity index (χ1n) is 14.5. The van der Waals surface area contributed by atoms with E-state index in [1.54, 1.807) is 0 Å². The number of amides is 2. The molecule has 4 nitrogen and oxygen atoms in total. The lowest BCUT2D eigenvalue weighted by Crippen LogP contribution is -2.62. The third kappa shape index (κ3) is 4.25. The van der Waals surface area contributed by atoms with Crippen LogP contribution < -0.4 is 0 Å². The van der Waals surface area contributed by atoms with E-state index in [0.717, 1.165) is 48.2 Å². The fourth-order valence-corrected chi connectivity index (χ4v) is 9.59. The first-order chi connectivity index (χ1) is 17.2. The minimum atomic E-state index is 0.192. The van der Waals surface area contributed by atoms with Crippen molar-refractivity contribution < 1.29 is 9.59 Å². The van der Waals surface area contributed by atoms with Gasteiger partial charge in [0.15, 0.2) is 0 Å². The topological polar surface area (TPSA) is 40.6 Å². The number of benzene rings is 1. The molecule has 1 aliphatic heterocycles. The molecule has 36 heavy (non-hydrogen) atoms. The smallest absolute Gasteiger partial charge is 0.254 e. The number of halogens is 1. The Bertz CT molecular complexity index is 979. The van der Waals surface area contributed by atoms with Crippen LogP contribution in [0.5, 0.6) is 0 Å². The van der Waals surface area contributed by atoms with Crippen molar-refractivity contribution in [2.45, 2.75) is 103 Å². The van der Waals surface area contributed by atoms with Crippen molar-refractivity contribution in [1.82, 2.24) is 9.80 Å². The molecule has 1 saturated heterocycles. The second kappa shape index (κ2) is 10.1. The van der Waals surface area contributed by atoms with Gasteiger partial charge in [-0.1, -0.05) is 49.5 Å². The number of carbonyl (C=O) groups is 2. The van der Waals surface area contributed by atoms with Crippen LogP contribution in [0.2, 0.25) is 0 Å². The second-order valence-electron chi connectivity index (χ2n) is 12.8. The monoisotopic (exact) mass is 556 g/mol. The molecule has 2 amide bonds. The zero-order chi connectivity index (χ0) is 25.7. The van der Waals surface area contributed by atoms with Crippen LogP contribution in [0.4, 0.5) is 0 Å². The van der Waals surface area contributed by atoms with Crippen molar-refractivity contribution in [3.05, 3.63) is 34.3 Å². The Kier molecular flexibility index (Phi) is 7.35. The van der Waals surface area contributed by atoms with Crippen LogP contribution in [0.1, 0.15) is 102 Å². The van der Waals surface area contributed by atoms with Gasteiger partial charge in [0.05, 0.1) is 0 Å². The molecule has 0 bridgehead atoms. The summed E-state index contributed by atoms with van der Waals surface area (Å²) >= 11 is 3.52. The van der Waals surface area contributed by atoms with Gasteiger partial charge in [0.25, 0.3) is 5.91 Å². The molecule has 3 aliphatic carbocycles. The first kappa shape index (κ1) is 26.3. The number of rotatable bonds is 6. The van der Waals surface area contributed by atoms with Crippen molar-refractivity contribution in [2.24, 2.45) is 28.6 Å². The quantitative estimate of drug-likeness (QED) is 0.344. The molecule has 0 unspecified atom stereocenters. The highest BCUT2D eigenvalue weighted by Gasteiger charge is 2.62. The van der Waals surface area contributed by atoms with E-state index in [0.29, 0.717) is 36.2 Å². The molecule has 4 aliphatic rings. The van der Waals surface area contributed by atoms with Crippen LogP contribution in [0, 0.1) is 28.6 Å². The minimum absolute atomic E-state index is 0.192. The maximum atomic E-state index is 13.9. The van der Waals surface area contributed by atoms with Crippen LogP contribution in [0.25, 0.3) is 0 Å². The number of fused-ring (bicyclic) bond motifs is 5. The summed E-state index contributed by atoms with van der Waals surface area (Å²) in [6.45, 7) is 8.14. The highest BCUT2D eigenvalue weighted by Crippen LogP contribution is 2.65. The Morgan fingerprint density at radius 1 is 1.00 bits per heavy atom. The molecule has 0 aromatic heterocycles. The Labute approximate surface area is 226 Å². The molecule has 3 saturated carbocycles. The Hall–Kier alpha value is -1.36. The van der Waals surface area contributed by atoms with Crippen molar-refractivity contribution >= 4 is 27.7 Å². The normalized spacial score (nSPS) is 37.8. The van der Waals surface area contributed by atoms with Crippen LogP contribution in [-0.2, 0) is 4.79 Å². The number of hydrogen-bond donors (Lipinski definition) is 0. The molecule has 7 atom stereocenters. The van der Waals surface area contributed by atoms with E-state index in [2.05, 4.69) is 46.5 Å². The van der Waals surface area contributed by atoms with Crippen LogP contribution in [-0.4, -0.2) is 47.3 Å². The van der Waals surface area contributed by atoms with Gasteiger partial charge < -0.3 is 9.80 Å². The SMILES string of the molecule is CCCCCN(C(=O)c1ccc(Br)cc1)[C@H]1CC[C@H]2[C@@H]3CC[C@H]4N(C)C(=O)CC[C@]4(C)[C@H]3CC[C@]12C. The molecular formula is C31H45BrN2O2. The van der Waals surface area contributed by atoms with E-state index >= 15 is 0 Å². The van der Waals surface area contributed by atoms with Gasteiger partial charge in [0.1, 0.15) is 0 Å². The van der Waals surface area contributed by atoms with Gasteiger partial charge in [-0.15, -0.1) is 0 Å². The maximum Gasteiger partial charge on any atom is 0.254 e. The largest absolute Gasteiger partial charge is 0.342 e. The minimum Gasteiger partial charge on any atom is -0.342 e.